The second kappa shape index (κ2) is 3.29. The number of thioether (sulfide) groups is 1. The summed E-state index contributed by atoms with van der Waals surface area (Å²) in [5.41, 5.74) is 3.92. The van der Waals surface area contributed by atoms with Crippen LogP contribution in [0.5, 0.6) is 0 Å². The maximum Gasteiger partial charge on any atom is 0.125 e. The molecule has 0 fully saturated rings. The van der Waals surface area contributed by atoms with Gasteiger partial charge in [-0.3, -0.25) is 0 Å². The van der Waals surface area contributed by atoms with Crippen molar-refractivity contribution in [1.82, 2.24) is 9.97 Å². The third-order valence-electron chi connectivity index (χ3n) is 2.27. The van der Waals surface area contributed by atoms with Gasteiger partial charge in [0.15, 0.2) is 0 Å². The van der Waals surface area contributed by atoms with E-state index in [1.165, 1.54) is 17.0 Å². The van der Waals surface area contributed by atoms with Crippen LogP contribution in [0, 0.1) is 6.92 Å². The van der Waals surface area contributed by atoms with Gasteiger partial charge in [0.1, 0.15) is 5.82 Å². The lowest BCUT2D eigenvalue weighted by Gasteiger charge is -2.10. The molecule has 1 aromatic heterocycles. The molecule has 0 saturated carbocycles. The molecule has 0 atom stereocenters. The van der Waals surface area contributed by atoms with Gasteiger partial charge in [0.25, 0.3) is 0 Å². The van der Waals surface area contributed by atoms with Crippen LogP contribution < -0.4 is 0 Å². The van der Waals surface area contributed by atoms with Crippen LogP contribution in [-0.2, 0) is 11.5 Å². The minimum absolute atomic E-state index is 0.522. The highest BCUT2D eigenvalue weighted by atomic mass is 32.2. The Morgan fingerprint density at radius 2 is 2.00 bits per heavy atom. The number of rotatable bonds is 1. The molecule has 0 aromatic carbocycles. The molecular weight excluding hydrogens is 180 g/mol. The molecule has 2 heterocycles. The van der Waals surface area contributed by atoms with Crippen molar-refractivity contribution < 1.29 is 0 Å². The Hall–Kier alpha value is -0.570. The first-order valence-corrected chi connectivity index (χ1v) is 5.78. The van der Waals surface area contributed by atoms with Gasteiger partial charge in [0.05, 0.1) is 11.4 Å². The largest absolute Gasteiger partial charge is 0.238 e. The van der Waals surface area contributed by atoms with E-state index in [1.807, 2.05) is 18.7 Å². The summed E-state index contributed by atoms with van der Waals surface area (Å²) in [6.07, 6.45) is 0. The third kappa shape index (κ3) is 1.57. The lowest BCUT2D eigenvalue weighted by molar-refractivity contribution is 0.781. The van der Waals surface area contributed by atoms with Gasteiger partial charge >= 0.3 is 0 Å². The Labute approximate surface area is 83.2 Å². The fraction of sp³-hybridized carbons (Fsp3) is 0.600. The zero-order valence-corrected chi connectivity index (χ0v) is 9.11. The fourth-order valence-corrected chi connectivity index (χ4v) is 2.73. The van der Waals surface area contributed by atoms with E-state index >= 15 is 0 Å². The van der Waals surface area contributed by atoms with E-state index in [-0.39, 0.29) is 0 Å². The molecule has 1 aromatic rings. The zero-order valence-electron chi connectivity index (χ0n) is 8.29. The minimum Gasteiger partial charge on any atom is -0.238 e. The molecule has 0 bridgehead atoms. The second-order valence-corrected chi connectivity index (χ2v) is 4.71. The van der Waals surface area contributed by atoms with E-state index in [4.69, 9.17) is 0 Å². The highest BCUT2D eigenvalue weighted by Gasteiger charge is 2.19. The van der Waals surface area contributed by atoms with Crippen molar-refractivity contribution >= 4 is 11.8 Å². The molecule has 70 valence electrons. The van der Waals surface area contributed by atoms with Crippen LogP contribution in [0.2, 0.25) is 0 Å². The Morgan fingerprint density at radius 3 is 2.69 bits per heavy atom. The van der Waals surface area contributed by atoms with E-state index in [2.05, 4.69) is 23.8 Å². The molecule has 2 rings (SSSR count). The summed E-state index contributed by atoms with van der Waals surface area (Å²) < 4.78 is 0. The smallest absolute Gasteiger partial charge is 0.125 e. The molecule has 0 saturated heterocycles. The number of hydrogen-bond acceptors (Lipinski definition) is 3. The predicted molar refractivity (Wildman–Crippen MR) is 55.9 cm³/mol. The van der Waals surface area contributed by atoms with E-state index in [0.29, 0.717) is 5.92 Å². The van der Waals surface area contributed by atoms with Gasteiger partial charge in [-0.15, -0.1) is 0 Å². The fourth-order valence-electron chi connectivity index (χ4n) is 1.68. The number of hydrogen-bond donors (Lipinski definition) is 0. The van der Waals surface area contributed by atoms with Gasteiger partial charge in [0.2, 0.25) is 0 Å². The van der Waals surface area contributed by atoms with Crippen LogP contribution in [0.25, 0.3) is 0 Å². The van der Waals surface area contributed by atoms with E-state index < -0.39 is 0 Å². The summed E-state index contributed by atoms with van der Waals surface area (Å²) in [6, 6.07) is 0. The van der Waals surface area contributed by atoms with E-state index in [9.17, 15) is 0 Å². The van der Waals surface area contributed by atoms with E-state index in [0.717, 1.165) is 17.3 Å². The van der Waals surface area contributed by atoms with Gasteiger partial charge in [-0.25, -0.2) is 9.97 Å². The summed E-state index contributed by atoms with van der Waals surface area (Å²) in [5, 5.41) is 0. The molecule has 0 spiro atoms. The van der Waals surface area contributed by atoms with Crippen molar-refractivity contribution in [2.75, 3.05) is 0 Å². The molecule has 0 aliphatic carbocycles. The Kier molecular flexibility index (Phi) is 2.28. The third-order valence-corrected chi connectivity index (χ3v) is 3.24. The minimum atomic E-state index is 0.522. The van der Waals surface area contributed by atoms with Gasteiger partial charge in [0, 0.05) is 17.1 Å². The van der Waals surface area contributed by atoms with Crippen LogP contribution in [-0.4, -0.2) is 9.97 Å². The molecule has 0 unspecified atom stereocenters. The molecule has 3 heteroatoms. The predicted octanol–water partition coefficient (Wildman–Crippen LogP) is 2.66. The van der Waals surface area contributed by atoms with Crippen LogP contribution in [0.4, 0.5) is 0 Å². The van der Waals surface area contributed by atoms with E-state index in [1.54, 1.807) is 0 Å². The van der Waals surface area contributed by atoms with Crippen LogP contribution in [0.3, 0.4) is 0 Å². The molecule has 13 heavy (non-hydrogen) atoms. The monoisotopic (exact) mass is 194 g/mol. The van der Waals surface area contributed by atoms with Crippen molar-refractivity contribution in [1.29, 1.82) is 0 Å². The lowest BCUT2D eigenvalue weighted by Crippen LogP contribution is -2.04. The first kappa shape index (κ1) is 9.00. The van der Waals surface area contributed by atoms with Crippen LogP contribution in [0.15, 0.2) is 0 Å². The summed E-state index contributed by atoms with van der Waals surface area (Å²) in [7, 11) is 0. The van der Waals surface area contributed by atoms with Crippen molar-refractivity contribution in [3.8, 4) is 0 Å². The molecular formula is C10H14N2S. The maximum atomic E-state index is 4.52. The normalized spacial score (nSPS) is 15.1. The van der Waals surface area contributed by atoms with Crippen LogP contribution >= 0.6 is 11.8 Å². The maximum absolute atomic E-state index is 4.52. The molecule has 2 nitrogen and oxygen atoms in total. The average Bonchev–Trinajstić information content (AvgIpc) is 2.49. The summed E-state index contributed by atoms with van der Waals surface area (Å²) in [5.74, 6) is 3.61. The molecule has 0 amide bonds. The first-order chi connectivity index (χ1) is 6.18. The van der Waals surface area contributed by atoms with Gasteiger partial charge in [-0.2, -0.15) is 11.8 Å². The average molecular weight is 194 g/mol. The van der Waals surface area contributed by atoms with Crippen molar-refractivity contribution in [2.45, 2.75) is 38.2 Å². The zero-order chi connectivity index (χ0) is 9.42. The number of fused-ring (bicyclic) bond motifs is 1. The molecule has 0 N–H and O–H groups in total. The summed E-state index contributed by atoms with van der Waals surface area (Å²) in [4.78, 5) is 8.98. The number of aryl methyl sites for hydroxylation is 1. The Bertz CT molecular complexity index is 334. The lowest BCUT2D eigenvalue weighted by atomic mass is 10.0. The van der Waals surface area contributed by atoms with Gasteiger partial charge in [-0.05, 0) is 12.8 Å². The van der Waals surface area contributed by atoms with Crippen molar-refractivity contribution in [3.63, 3.8) is 0 Å². The topological polar surface area (TPSA) is 25.8 Å². The SMILES string of the molecule is Cc1nc2c(c(C(C)C)n1)CSC2. The molecule has 0 radical (unpaired) electrons. The Balaban J connectivity index is 2.55. The van der Waals surface area contributed by atoms with Crippen molar-refractivity contribution in [3.05, 3.63) is 22.8 Å². The molecule has 1 aliphatic heterocycles. The van der Waals surface area contributed by atoms with Gasteiger partial charge in [-0.1, -0.05) is 13.8 Å². The highest BCUT2D eigenvalue weighted by molar-refractivity contribution is 7.98. The summed E-state index contributed by atoms with van der Waals surface area (Å²) >= 11 is 1.94. The molecule has 1 aliphatic rings. The van der Waals surface area contributed by atoms with Crippen molar-refractivity contribution in [2.24, 2.45) is 0 Å². The van der Waals surface area contributed by atoms with Gasteiger partial charge < -0.3 is 0 Å². The van der Waals surface area contributed by atoms with Crippen LogP contribution in [0.1, 0.15) is 42.5 Å². The first-order valence-electron chi connectivity index (χ1n) is 4.62. The summed E-state index contributed by atoms with van der Waals surface area (Å²) in [6.45, 7) is 6.38. The quantitative estimate of drug-likeness (QED) is 0.687. The highest BCUT2D eigenvalue weighted by Crippen LogP contribution is 2.32. The second-order valence-electron chi connectivity index (χ2n) is 3.73. The standard InChI is InChI=1S/C10H14N2S/c1-6(2)10-8-4-13-5-9(8)11-7(3)12-10/h6H,4-5H2,1-3H3. The number of nitrogens with zero attached hydrogens (tertiary/aromatic N) is 2. The number of aromatic nitrogens is 2. The Morgan fingerprint density at radius 1 is 1.23 bits per heavy atom.